The number of anilines is 1. The molecule has 2 aromatic rings. The molecule has 1 aliphatic carbocycles. The van der Waals surface area contributed by atoms with Gasteiger partial charge in [-0.1, -0.05) is 6.08 Å². The lowest BCUT2D eigenvalue weighted by Crippen LogP contribution is -2.30. The maximum Gasteiger partial charge on any atom is 0.293 e. The van der Waals surface area contributed by atoms with Gasteiger partial charge in [0.1, 0.15) is 11.5 Å². The number of hydrogen-bond donors (Lipinski definition) is 4. The summed E-state index contributed by atoms with van der Waals surface area (Å²) in [7, 11) is 0. The maximum atomic E-state index is 14.5. The van der Waals surface area contributed by atoms with Gasteiger partial charge in [-0.05, 0) is 41.2 Å². The minimum atomic E-state index is -0.628. The molecular weight excluding hydrogens is 482 g/mol. The number of halogens is 2. The van der Waals surface area contributed by atoms with Crippen molar-refractivity contribution in [1.29, 1.82) is 0 Å². The number of hydrogen-bond acceptors (Lipinski definition) is 6. The van der Waals surface area contributed by atoms with E-state index in [0.717, 1.165) is 3.58 Å². The highest BCUT2D eigenvalue weighted by Crippen LogP contribution is 2.34. The van der Waals surface area contributed by atoms with Crippen molar-refractivity contribution >= 4 is 45.1 Å². The van der Waals surface area contributed by atoms with E-state index in [-0.39, 0.29) is 37.9 Å². The average Bonchev–Trinajstić information content (AvgIpc) is 2.98. The number of hydroxylamine groups is 1. The van der Waals surface area contributed by atoms with Crippen LogP contribution in [0.2, 0.25) is 0 Å². The van der Waals surface area contributed by atoms with Gasteiger partial charge in [0.05, 0.1) is 37.1 Å². The molecule has 2 aromatic heterocycles. The van der Waals surface area contributed by atoms with Crippen molar-refractivity contribution in [1.82, 2.24) is 15.0 Å². The van der Waals surface area contributed by atoms with Crippen LogP contribution in [-0.4, -0.2) is 51.5 Å². The van der Waals surface area contributed by atoms with Gasteiger partial charge in [-0.25, -0.2) is 9.87 Å². The first-order valence-electron chi connectivity index (χ1n) is 8.66. The summed E-state index contributed by atoms with van der Waals surface area (Å²) < 4.78 is 16.9. The molecule has 1 atom stereocenters. The van der Waals surface area contributed by atoms with E-state index in [1.807, 2.05) is 6.08 Å². The number of amides is 1. The topological polar surface area (TPSA) is 109 Å². The standard InChI is InChI=1S/C18H20FIN4O4/c19-13-9-11(20)1-2-14(13)22-16-12-10-21-4-3-15(12)24(5-6-25)17(16)18(27)23-28-8-7-26/h1,3-4,9-10,14,22,25-26H,2,5-8H2,(H,23,27). The number of rotatable bonds is 8. The molecule has 10 heteroatoms. The lowest BCUT2D eigenvalue weighted by Gasteiger charge is -2.21. The molecule has 150 valence electrons. The van der Waals surface area contributed by atoms with Gasteiger partial charge in [-0.3, -0.25) is 14.6 Å². The van der Waals surface area contributed by atoms with Crippen LogP contribution in [0.15, 0.2) is 40.0 Å². The van der Waals surface area contributed by atoms with Gasteiger partial charge in [0, 0.05) is 27.9 Å². The van der Waals surface area contributed by atoms with E-state index in [1.54, 1.807) is 23.0 Å². The zero-order valence-corrected chi connectivity index (χ0v) is 17.0. The minimum absolute atomic E-state index is 0.0699. The summed E-state index contributed by atoms with van der Waals surface area (Å²) >= 11 is 2.05. The zero-order valence-electron chi connectivity index (χ0n) is 14.9. The van der Waals surface area contributed by atoms with Gasteiger partial charge < -0.3 is 20.1 Å². The molecule has 0 saturated carbocycles. The highest BCUT2D eigenvalue weighted by atomic mass is 127. The third-order valence-electron chi connectivity index (χ3n) is 4.24. The molecule has 8 nitrogen and oxygen atoms in total. The second-order valence-corrected chi connectivity index (χ2v) is 7.29. The van der Waals surface area contributed by atoms with E-state index in [0.29, 0.717) is 23.0 Å². The Balaban J connectivity index is 2.05. The minimum Gasteiger partial charge on any atom is -0.395 e. The summed E-state index contributed by atoms with van der Waals surface area (Å²) in [4.78, 5) is 21.8. The summed E-state index contributed by atoms with van der Waals surface area (Å²) in [5.41, 5.74) is 3.53. The Hall–Kier alpha value is -2.02. The molecule has 1 amide bonds. The molecule has 28 heavy (non-hydrogen) atoms. The Kier molecular flexibility index (Phi) is 6.99. The average molecular weight is 502 g/mol. The molecule has 0 bridgehead atoms. The summed E-state index contributed by atoms with van der Waals surface area (Å²) in [6.45, 7) is -0.356. The third-order valence-corrected chi connectivity index (χ3v) is 4.99. The summed E-state index contributed by atoms with van der Waals surface area (Å²) in [5.74, 6) is -0.910. The normalized spacial score (nSPS) is 16.6. The van der Waals surface area contributed by atoms with Crippen molar-refractivity contribution in [3.8, 4) is 0 Å². The smallest absolute Gasteiger partial charge is 0.293 e. The molecule has 2 heterocycles. The molecule has 0 radical (unpaired) electrons. The van der Waals surface area contributed by atoms with E-state index < -0.39 is 11.9 Å². The number of fused-ring (bicyclic) bond motifs is 1. The summed E-state index contributed by atoms with van der Waals surface area (Å²) in [6.07, 6.45) is 6.93. The Labute approximate surface area is 174 Å². The fourth-order valence-electron chi connectivity index (χ4n) is 3.06. The second-order valence-electron chi connectivity index (χ2n) is 6.05. The highest BCUT2D eigenvalue weighted by molar-refractivity contribution is 14.1. The Morgan fingerprint density at radius 2 is 2.25 bits per heavy atom. The molecule has 1 aliphatic rings. The molecule has 0 saturated heterocycles. The SMILES string of the molecule is O=C(NOCCO)c1c(NC2CC=C(I)C=C2F)c2cnccc2n1CCO. The number of aromatic nitrogens is 2. The Morgan fingerprint density at radius 1 is 1.43 bits per heavy atom. The molecule has 4 N–H and O–H groups in total. The van der Waals surface area contributed by atoms with Crippen molar-refractivity contribution in [2.45, 2.75) is 19.0 Å². The number of aliphatic hydroxyl groups is 2. The molecule has 1 unspecified atom stereocenters. The molecule has 3 rings (SSSR count). The van der Waals surface area contributed by atoms with Crippen LogP contribution in [0, 0.1) is 0 Å². The zero-order chi connectivity index (χ0) is 20.1. The molecular formula is C18H20FIN4O4. The lowest BCUT2D eigenvalue weighted by molar-refractivity contribution is 0.0162. The largest absolute Gasteiger partial charge is 0.395 e. The van der Waals surface area contributed by atoms with Crippen molar-refractivity contribution in [3.63, 3.8) is 0 Å². The molecule has 0 fully saturated rings. The van der Waals surface area contributed by atoms with Crippen LogP contribution in [-0.2, 0) is 11.4 Å². The van der Waals surface area contributed by atoms with Gasteiger partial charge in [0.2, 0.25) is 0 Å². The van der Waals surface area contributed by atoms with Gasteiger partial charge in [0.25, 0.3) is 5.91 Å². The van der Waals surface area contributed by atoms with Gasteiger partial charge in [0.15, 0.2) is 0 Å². The first kappa shape index (κ1) is 20.7. The molecule has 0 spiro atoms. The van der Waals surface area contributed by atoms with E-state index >= 15 is 0 Å². The number of allylic oxidation sites excluding steroid dienone is 2. The highest BCUT2D eigenvalue weighted by Gasteiger charge is 2.27. The predicted octanol–water partition coefficient (Wildman–Crippen LogP) is 2.04. The van der Waals surface area contributed by atoms with Crippen molar-refractivity contribution in [2.75, 3.05) is 25.1 Å². The number of nitrogens with zero attached hydrogens (tertiary/aromatic N) is 2. The monoisotopic (exact) mass is 502 g/mol. The van der Waals surface area contributed by atoms with E-state index in [1.165, 1.54) is 6.08 Å². The molecule has 0 aliphatic heterocycles. The van der Waals surface area contributed by atoms with Crippen LogP contribution in [0.5, 0.6) is 0 Å². The van der Waals surface area contributed by atoms with Gasteiger partial charge in [-0.15, -0.1) is 0 Å². The number of pyridine rings is 1. The number of carbonyl (C=O) groups excluding carboxylic acids is 1. The van der Waals surface area contributed by atoms with E-state index in [2.05, 4.69) is 38.4 Å². The number of carbonyl (C=O) groups is 1. The van der Waals surface area contributed by atoms with Crippen molar-refractivity contribution in [2.24, 2.45) is 0 Å². The van der Waals surface area contributed by atoms with Crippen molar-refractivity contribution in [3.05, 3.63) is 45.7 Å². The number of nitrogens with one attached hydrogen (secondary N) is 2. The van der Waals surface area contributed by atoms with Crippen molar-refractivity contribution < 1.29 is 24.2 Å². The maximum absolute atomic E-state index is 14.5. The third kappa shape index (κ3) is 4.35. The lowest BCUT2D eigenvalue weighted by atomic mass is 10.1. The number of aliphatic hydroxyl groups excluding tert-OH is 2. The van der Waals surface area contributed by atoms with E-state index in [4.69, 9.17) is 9.94 Å². The second kappa shape index (κ2) is 9.45. The quantitative estimate of drug-likeness (QED) is 0.250. The van der Waals surface area contributed by atoms with Crippen LogP contribution < -0.4 is 10.8 Å². The van der Waals surface area contributed by atoms with E-state index in [9.17, 15) is 14.3 Å². The summed E-state index contributed by atoms with van der Waals surface area (Å²) in [6, 6.07) is 1.09. The predicted molar refractivity (Wildman–Crippen MR) is 111 cm³/mol. The molecule has 0 aromatic carbocycles. The first-order chi connectivity index (χ1) is 13.6. The van der Waals surface area contributed by atoms with Gasteiger partial charge in [-0.2, -0.15) is 0 Å². The summed E-state index contributed by atoms with van der Waals surface area (Å²) in [5, 5.41) is 22.0. The first-order valence-corrected chi connectivity index (χ1v) is 9.74. The van der Waals surface area contributed by atoms with Crippen LogP contribution in [0.1, 0.15) is 16.9 Å². The fourth-order valence-corrected chi connectivity index (χ4v) is 3.61. The van der Waals surface area contributed by atoms with Crippen LogP contribution in [0.3, 0.4) is 0 Å². The van der Waals surface area contributed by atoms with Crippen LogP contribution in [0.25, 0.3) is 10.9 Å². The fraction of sp³-hybridized carbons (Fsp3) is 0.333. The van der Waals surface area contributed by atoms with Gasteiger partial charge >= 0.3 is 0 Å². The van der Waals surface area contributed by atoms with Crippen LogP contribution >= 0.6 is 22.6 Å². The Morgan fingerprint density at radius 3 is 2.96 bits per heavy atom. The van der Waals surface area contributed by atoms with Crippen LogP contribution in [0.4, 0.5) is 10.1 Å². The Bertz CT molecular complexity index is 928.